The van der Waals surface area contributed by atoms with Crippen LogP contribution in [0.15, 0.2) is 0 Å². The van der Waals surface area contributed by atoms with Crippen LogP contribution in [0.2, 0.25) is 0 Å². The molecule has 0 amide bonds. The molecular weight excluding hydrogens is 190 g/mol. The molecule has 0 spiro atoms. The monoisotopic (exact) mass is 206 g/mol. The highest BCUT2D eigenvalue weighted by Gasteiger charge is 2.81. The van der Waals surface area contributed by atoms with E-state index in [1.54, 1.807) is 0 Å². The molecule has 8 N–H and O–H groups in total. The summed E-state index contributed by atoms with van der Waals surface area (Å²) in [5.74, 6) is 0. The summed E-state index contributed by atoms with van der Waals surface area (Å²) in [5, 5.41) is -0.312. The highest BCUT2D eigenvalue weighted by molar-refractivity contribution is 7.28. The lowest BCUT2D eigenvalue weighted by atomic mass is 10.0. The Kier molecular flexibility index (Phi) is 1.69. The Morgan fingerprint density at radius 2 is 1.17 bits per heavy atom. The van der Waals surface area contributed by atoms with Crippen LogP contribution in [0, 0.1) is 0 Å². The third-order valence-electron chi connectivity index (χ3n) is 3.63. The predicted octanol–water partition coefficient (Wildman–Crippen LogP) is -2.45. The maximum atomic E-state index is 5.94. The van der Waals surface area contributed by atoms with Crippen molar-refractivity contribution < 1.29 is 0 Å². The fourth-order valence-corrected chi connectivity index (χ4v) is 4.22. The molecule has 2 aliphatic rings. The van der Waals surface area contributed by atoms with E-state index >= 15 is 0 Å². The van der Waals surface area contributed by atoms with Crippen molar-refractivity contribution in [3.63, 3.8) is 0 Å². The van der Waals surface area contributed by atoms with Crippen molar-refractivity contribution in [2.45, 2.75) is 34.5 Å². The summed E-state index contributed by atoms with van der Waals surface area (Å²) in [6.45, 7) is 0. The minimum Gasteiger partial charge on any atom is -0.326 e. The van der Waals surface area contributed by atoms with Crippen LogP contribution in [0.4, 0.5) is 0 Å². The van der Waals surface area contributed by atoms with Crippen molar-refractivity contribution in [3.8, 4) is 0 Å². The van der Waals surface area contributed by atoms with Gasteiger partial charge in [-0.3, -0.25) is 0 Å². The van der Waals surface area contributed by atoms with E-state index in [9.17, 15) is 0 Å². The number of hydrogen-bond acceptors (Lipinski definition) is 4. The molecule has 0 saturated heterocycles. The van der Waals surface area contributed by atoms with E-state index in [1.165, 1.54) is 0 Å². The molecule has 70 valence electrons. The Morgan fingerprint density at radius 1 is 0.833 bits per heavy atom. The van der Waals surface area contributed by atoms with Crippen molar-refractivity contribution in [2.24, 2.45) is 22.9 Å². The molecule has 0 heterocycles. The molecule has 0 aromatic rings. The second-order valence-electron chi connectivity index (χ2n) is 3.97. The van der Waals surface area contributed by atoms with Crippen molar-refractivity contribution in [2.75, 3.05) is 0 Å². The van der Waals surface area contributed by atoms with E-state index in [-0.39, 0.29) is 34.5 Å². The number of rotatable bonds is 0. The van der Waals surface area contributed by atoms with Crippen LogP contribution in [0.3, 0.4) is 0 Å². The summed E-state index contributed by atoms with van der Waals surface area (Å²) >= 11 is 0. The van der Waals surface area contributed by atoms with Gasteiger partial charge in [0.1, 0.15) is 0 Å². The second-order valence-corrected chi connectivity index (χ2v) is 5.88. The summed E-state index contributed by atoms with van der Waals surface area (Å²) in [6.07, 6.45) is 0. The third-order valence-corrected chi connectivity index (χ3v) is 6.45. The van der Waals surface area contributed by atoms with Crippen LogP contribution in [-0.4, -0.2) is 34.5 Å². The topological polar surface area (TPSA) is 104 Å². The zero-order chi connectivity index (χ0) is 9.31. The lowest BCUT2D eigenvalue weighted by Crippen LogP contribution is -2.56. The molecule has 6 unspecified atom stereocenters. The molecule has 6 heteroatoms. The molecule has 2 aliphatic carbocycles. The summed E-state index contributed by atoms with van der Waals surface area (Å²) in [6, 6.07) is -0.306. The Morgan fingerprint density at radius 3 is 1.42 bits per heavy atom. The standard InChI is InChI=1S/C6H16N4P2/c7-1-2(8)5(11)4(10)6(5,12)3(1)9/h1-4H,7-12H2. The average Bonchev–Trinajstić information content (AvgIpc) is 2.45. The Balaban J connectivity index is 2.39. The number of hydrogen-bond donors (Lipinski definition) is 4. The molecule has 2 fully saturated rings. The second kappa shape index (κ2) is 2.20. The van der Waals surface area contributed by atoms with Gasteiger partial charge in [-0.1, -0.05) is 0 Å². The first kappa shape index (κ1) is 9.26. The summed E-state index contributed by atoms with van der Waals surface area (Å²) in [7, 11) is 5.46. The molecular formula is C6H16N4P2. The van der Waals surface area contributed by atoms with Gasteiger partial charge in [-0.05, 0) is 0 Å². The Labute approximate surface area is 76.6 Å². The Hall–Kier alpha value is 0.700. The van der Waals surface area contributed by atoms with Gasteiger partial charge in [0.2, 0.25) is 0 Å². The Bertz CT molecular complexity index is 216. The first-order valence-corrected chi connectivity index (χ1v) is 5.14. The van der Waals surface area contributed by atoms with Gasteiger partial charge in [0, 0.05) is 34.5 Å². The predicted molar refractivity (Wildman–Crippen MR) is 56.8 cm³/mol. The van der Waals surface area contributed by atoms with Crippen LogP contribution in [0.5, 0.6) is 0 Å². The van der Waals surface area contributed by atoms with Gasteiger partial charge in [0.05, 0.1) is 0 Å². The first-order valence-electron chi connectivity index (χ1n) is 3.98. The van der Waals surface area contributed by atoms with Crippen LogP contribution in [-0.2, 0) is 0 Å². The van der Waals surface area contributed by atoms with Crippen LogP contribution < -0.4 is 22.9 Å². The van der Waals surface area contributed by atoms with Crippen molar-refractivity contribution >= 4 is 18.5 Å². The van der Waals surface area contributed by atoms with E-state index in [2.05, 4.69) is 18.5 Å². The highest BCUT2D eigenvalue weighted by atomic mass is 31.0. The first-order chi connectivity index (χ1) is 5.38. The zero-order valence-electron chi connectivity index (χ0n) is 6.77. The van der Waals surface area contributed by atoms with E-state index in [1.807, 2.05) is 0 Å². The van der Waals surface area contributed by atoms with Gasteiger partial charge in [0.15, 0.2) is 0 Å². The van der Waals surface area contributed by atoms with Crippen molar-refractivity contribution in [3.05, 3.63) is 0 Å². The van der Waals surface area contributed by atoms with Gasteiger partial charge in [-0.25, -0.2) is 0 Å². The van der Waals surface area contributed by atoms with Crippen LogP contribution >= 0.6 is 18.5 Å². The maximum Gasteiger partial charge on any atom is 0.0365 e. The molecule has 0 bridgehead atoms. The van der Waals surface area contributed by atoms with Gasteiger partial charge < -0.3 is 22.9 Å². The van der Waals surface area contributed by atoms with Gasteiger partial charge in [-0.15, -0.1) is 18.5 Å². The fraction of sp³-hybridized carbons (Fsp3) is 1.00. The van der Waals surface area contributed by atoms with Crippen molar-refractivity contribution in [1.29, 1.82) is 0 Å². The van der Waals surface area contributed by atoms with Gasteiger partial charge >= 0.3 is 0 Å². The van der Waals surface area contributed by atoms with E-state index in [4.69, 9.17) is 22.9 Å². The zero-order valence-corrected chi connectivity index (χ0v) is 9.08. The highest BCUT2D eigenvalue weighted by Crippen LogP contribution is 2.67. The molecule has 4 nitrogen and oxygen atoms in total. The molecule has 12 heavy (non-hydrogen) atoms. The quantitative estimate of drug-likeness (QED) is 0.330. The van der Waals surface area contributed by atoms with E-state index in [0.717, 1.165) is 0 Å². The summed E-state index contributed by atoms with van der Waals surface area (Å²) in [4.78, 5) is 0. The largest absolute Gasteiger partial charge is 0.326 e. The van der Waals surface area contributed by atoms with E-state index in [0.29, 0.717) is 0 Å². The lowest BCUT2D eigenvalue weighted by molar-refractivity contribution is 0.475. The van der Waals surface area contributed by atoms with Crippen molar-refractivity contribution in [1.82, 2.24) is 0 Å². The minimum atomic E-state index is -0.156. The fourth-order valence-electron chi connectivity index (χ4n) is 2.45. The minimum absolute atomic E-state index is 0.0461. The van der Waals surface area contributed by atoms with E-state index < -0.39 is 0 Å². The number of fused-ring (bicyclic) bond motifs is 1. The summed E-state index contributed by atoms with van der Waals surface area (Å²) in [5.41, 5.74) is 23.7. The van der Waals surface area contributed by atoms with Crippen LogP contribution in [0.1, 0.15) is 0 Å². The summed E-state index contributed by atoms with van der Waals surface area (Å²) < 4.78 is 0. The molecule has 2 rings (SSSR count). The van der Waals surface area contributed by atoms with Gasteiger partial charge in [-0.2, -0.15) is 0 Å². The molecule has 6 atom stereocenters. The molecule has 0 aromatic carbocycles. The third kappa shape index (κ3) is 0.639. The molecule has 0 radical (unpaired) electrons. The molecule has 2 saturated carbocycles. The average molecular weight is 206 g/mol. The normalized spacial score (nSPS) is 69.5. The SMILES string of the molecule is NC1C(N)C2(P)C(N)C2(P)C1N. The lowest BCUT2D eigenvalue weighted by Gasteiger charge is -2.24. The number of nitrogens with two attached hydrogens (primary N) is 4. The smallest absolute Gasteiger partial charge is 0.0365 e. The molecule has 0 aliphatic heterocycles. The molecule has 0 aromatic heterocycles. The maximum absolute atomic E-state index is 5.94. The van der Waals surface area contributed by atoms with Crippen LogP contribution in [0.25, 0.3) is 0 Å². The van der Waals surface area contributed by atoms with Gasteiger partial charge in [0.25, 0.3) is 0 Å².